The van der Waals surface area contributed by atoms with Crippen LogP contribution in [0.25, 0.3) is 0 Å². The number of carbonyl (C=O) groups excluding carboxylic acids is 1. The third-order valence-corrected chi connectivity index (χ3v) is 4.43. The fraction of sp³-hybridized carbons (Fsp3) is 0.562. The third-order valence-electron chi connectivity index (χ3n) is 4.43. The number of piperidine rings is 1. The van der Waals surface area contributed by atoms with E-state index in [1.807, 2.05) is 13.0 Å². The molecule has 2 unspecified atom stereocenters. The van der Waals surface area contributed by atoms with E-state index in [9.17, 15) is 9.18 Å². The van der Waals surface area contributed by atoms with Crippen molar-refractivity contribution in [3.63, 3.8) is 0 Å². The van der Waals surface area contributed by atoms with Crippen molar-refractivity contribution in [2.75, 3.05) is 13.1 Å². The average molecular weight is 293 g/mol. The molecule has 2 rings (SSSR count). The van der Waals surface area contributed by atoms with Crippen molar-refractivity contribution >= 4 is 5.91 Å². The van der Waals surface area contributed by atoms with Gasteiger partial charge in [-0.2, -0.15) is 0 Å². The van der Waals surface area contributed by atoms with E-state index >= 15 is 0 Å². The van der Waals surface area contributed by atoms with Crippen LogP contribution in [-0.4, -0.2) is 29.9 Å². The van der Waals surface area contributed by atoms with Crippen molar-refractivity contribution in [1.29, 1.82) is 0 Å². The number of amides is 1. The summed E-state index contributed by atoms with van der Waals surface area (Å²) in [5.41, 5.74) is 12.3. The Kier molecular flexibility index (Phi) is 5.31. The maximum atomic E-state index is 14.1. The van der Waals surface area contributed by atoms with Gasteiger partial charge in [0.05, 0.1) is 6.04 Å². The number of halogens is 1. The molecule has 1 heterocycles. The van der Waals surface area contributed by atoms with Gasteiger partial charge in [-0.05, 0) is 38.4 Å². The normalized spacial score (nSPS) is 20.1. The van der Waals surface area contributed by atoms with Gasteiger partial charge in [0.25, 0.3) is 0 Å². The molecule has 4 nitrogen and oxygen atoms in total. The molecule has 0 saturated carbocycles. The van der Waals surface area contributed by atoms with E-state index in [0.29, 0.717) is 5.56 Å². The van der Waals surface area contributed by atoms with Crippen LogP contribution in [0.15, 0.2) is 24.3 Å². The van der Waals surface area contributed by atoms with Crippen molar-refractivity contribution in [2.24, 2.45) is 17.4 Å². The fourth-order valence-corrected chi connectivity index (χ4v) is 3.10. The van der Waals surface area contributed by atoms with Gasteiger partial charge < -0.3 is 11.5 Å². The zero-order chi connectivity index (χ0) is 15.4. The van der Waals surface area contributed by atoms with Crippen molar-refractivity contribution < 1.29 is 9.18 Å². The van der Waals surface area contributed by atoms with Gasteiger partial charge in [-0.3, -0.25) is 9.69 Å². The van der Waals surface area contributed by atoms with E-state index in [-0.39, 0.29) is 29.7 Å². The SMILES string of the molecule is CCC(N)C(c1ccccc1F)N1CCC(C(N)=O)CC1. The molecule has 1 aromatic rings. The standard InChI is InChI=1S/C16H24FN3O/c1-2-14(18)15(12-5-3-4-6-13(12)17)20-9-7-11(8-10-20)16(19)21/h3-6,11,14-15H,2,7-10,18H2,1H3,(H2,19,21). The molecule has 4 N–H and O–H groups in total. The molecule has 116 valence electrons. The fourth-order valence-electron chi connectivity index (χ4n) is 3.10. The number of nitrogens with zero attached hydrogens (tertiary/aromatic N) is 1. The highest BCUT2D eigenvalue weighted by Gasteiger charge is 2.32. The summed E-state index contributed by atoms with van der Waals surface area (Å²) >= 11 is 0. The topological polar surface area (TPSA) is 72.3 Å². The van der Waals surface area contributed by atoms with Crippen molar-refractivity contribution in [2.45, 2.75) is 38.3 Å². The second kappa shape index (κ2) is 7.00. The lowest BCUT2D eigenvalue weighted by Crippen LogP contribution is -2.46. The molecule has 0 radical (unpaired) electrons. The van der Waals surface area contributed by atoms with E-state index in [2.05, 4.69) is 4.90 Å². The predicted octanol–water partition coefficient (Wildman–Crippen LogP) is 1.80. The summed E-state index contributed by atoms with van der Waals surface area (Å²) in [5, 5.41) is 0. The molecule has 0 spiro atoms. The van der Waals surface area contributed by atoms with Gasteiger partial charge in [0.15, 0.2) is 0 Å². The Morgan fingerprint density at radius 3 is 2.52 bits per heavy atom. The molecule has 1 aliphatic heterocycles. The maximum absolute atomic E-state index is 14.1. The molecule has 5 heteroatoms. The zero-order valence-corrected chi connectivity index (χ0v) is 12.5. The highest BCUT2D eigenvalue weighted by Crippen LogP contribution is 2.31. The summed E-state index contributed by atoms with van der Waals surface area (Å²) in [6, 6.07) is 6.52. The van der Waals surface area contributed by atoms with Crippen LogP contribution in [0.4, 0.5) is 4.39 Å². The van der Waals surface area contributed by atoms with Crippen LogP contribution in [0.1, 0.15) is 37.8 Å². The summed E-state index contributed by atoms with van der Waals surface area (Å²) < 4.78 is 14.1. The quantitative estimate of drug-likeness (QED) is 0.869. The van der Waals surface area contributed by atoms with Crippen LogP contribution in [0.2, 0.25) is 0 Å². The van der Waals surface area contributed by atoms with Gasteiger partial charge in [0, 0.05) is 17.5 Å². The Morgan fingerprint density at radius 2 is 2.00 bits per heavy atom. The third kappa shape index (κ3) is 3.60. The van der Waals surface area contributed by atoms with Crippen LogP contribution in [0, 0.1) is 11.7 Å². The van der Waals surface area contributed by atoms with Gasteiger partial charge in [-0.1, -0.05) is 25.1 Å². The van der Waals surface area contributed by atoms with Crippen LogP contribution in [0.3, 0.4) is 0 Å². The average Bonchev–Trinajstić information content (AvgIpc) is 2.49. The number of hydrogen-bond donors (Lipinski definition) is 2. The molecular formula is C16H24FN3O. The number of primary amides is 1. The first kappa shape index (κ1) is 15.9. The highest BCUT2D eigenvalue weighted by molar-refractivity contribution is 5.76. The first-order valence-corrected chi connectivity index (χ1v) is 7.58. The first-order chi connectivity index (χ1) is 10.0. The molecule has 1 aliphatic rings. The number of likely N-dealkylation sites (tertiary alicyclic amines) is 1. The monoisotopic (exact) mass is 293 g/mol. The lowest BCUT2D eigenvalue weighted by molar-refractivity contribution is -0.123. The number of carbonyl (C=O) groups is 1. The van der Waals surface area contributed by atoms with E-state index in [1.54, 1.807) is 12.1 Å². The number of rotatable bonds is 5. The number of benzene rings is 1. The maximum Gasteiger partial charge on any atom is 0.220 e. The van der Waals surface area contributed by atoms with Gasteiger partial charge in [-0.15, -0.1) is 0 Å². The second-order valence-electron chi connectivity index (χ2n) is 5.75. The van der Waals surface area contributed by atoms with Crippen molar-refractivity contribution in [3.05, 3.63) is 35.6 Å². The summed E-state index contributed by atoms with van der Waals surface area (Å²) in [6.07, 6.45) is 2.21. The van der Waals surface area contributed by atoms with E-state index in [1.165, 1.54) is 6.07 Å². The molecule has 1 saturated heterocycles. The molecule has 0 aromatic heterocycles. The highest BCUT2D eigenvalue weighted by atomic mass is 19.1. The Labute approximate surface area is 125 Å². The van der Waals surface area contributed by atoms with Gasteiger partial charge in [0.1, 0.15) is 5.82 Å². The Bertz CT molecular complexity index is 486. The van der Waals surface area contributed by atoms with Crippen LogP contribution in [-0.2, 0) is 4.79 Å². The van der Waals surface area contributed by atoms with Gasteiger partial charge in [-0.25, -0.2) is 4.39 Å². The van der Waals surface area contributed by atoms with Crippen LogP contribution in [0.5, 0.6) is 0 Å². The molecule has 0 bridgehead atoms. The Morgan fingerprint density at radius 1 is 1.38 bits per heavy atom. The minimum atomic E-state index is -0.239. The summed E-state index contributed by atoms with van der Waals surface area (Å²) in [7, 11) is 0. The molecule has 21 heavy (non-hydrogen) atoms. The second-order valence-corrected chi connectivity index (χ2v) is 5.75. The van der Waals surface area contributed by atoms with Gasteiger partial charge in [0.2, 0.25) is 5.91 Å². The van der Waals surface area contributed by atoms with Gasteiger partial charge >= 0.3 is 0 Å². The van der Waals surface area contributed by atoms with Crippen LogP contribution >= 0.6 is 0 Å². The smallest absolute Gasteiger partial charge is 0.220 e. The van der Waals surface area contributed by atoms with Crippen LogP contribution < -0.4 is 11.5 Å². The Hall–Kier alpha value is -1.46. The summed E-state index contributed by atoms with van der Waals surface area (Å²) in [4.78, 5) is 13.5. The van der Waals surface area contributed by atoms with E-state index < -0.39 is 0 Å². The van der Waals surface area contributed by atoms with Crippen molar-refractivity contribution in [3.8, 4) is 0 Å². The summed E-state index contributed by atoms with van der Waals surface area (Å²) in [5.74, 6) is -0.527. The zero-order valence-electron chi connectivity index (χ0n) is 12.5. The molecule has 0 aliphatic carbocycles. The summed E-state index contributed by atoms with van der Waals surface area (Å²) in [6.45, 7) is 3.45. The molecule has 1 fully saturated rings. The minimum Gasteiger partial charge on any atom is -0.369 e. The molecule has 1 aromatic carbocycles. The molecule has 2 atom stereocenters. The number of nitrogens with two attached hydrogens (primary N) is 2. The molecule has 1 amide bonds. The predicted molar refractivity (Wildman–Crippen MR) is 80.9 cm³/mol. The molecular weight excluding hydrogens is 269 g/mol. The minimum absolute atomic E-state index is 0.0691. The van der Waals surface area contributed by atoms with Crippen molar-refractivity contribution in [1.82, 2.24) is 4.90 Å². The largest absolute Gasteiger partial charge is 0.369 e. The number of hydrogen-bond acceptors (Lipinski definition) is 3. The Balaban J connectivity index is 2.19. The van der Waals surface area contributed by atoms with E-state index in [0.717, 1.165) is 32.4 Å². The lowest BCUT2D eigenvalue weighted by Gasteiger charge is -2.39. The lowest BCUT2D eigenvalue weighted by atomic mass is 9.90. The first-order valence-electron chi connectivity index (χ1n) is 7.58. The van der Waals surface area contributed by atoms with E-state index in [4.69, 9.17) is 11.5 Å².